The van der Waals surface area contributed by atoms with Crippen LogP contribution in [0.2, 0.25) is 0 Å². The average Bonchev–Trinajstić information content (AvgIpc) is 3.42. The molecule has 0 radical (unpaired) electrons. The molecular weight excluding hydrogens is 578 g/mol. The zero-order valence-electron chi connectivity index (χ0n) is 22.0. The lowest BCUT2D eigenvalue weighted by Gasteiger charge is -2.34. The fourth-order valence-electron chi connectivity index (χ4n) is 4.95. The van der Waals surface area contributed by atoms with Crippen LogP contribution in [-0.2, 0) is 32.6 Å². The van der Waals surface area contributed by atoms with Crippen molar-refractivity contribution in [2.45, 2.75) is 50.7 Å². The number of nitrogens with zero attached hydrogens (tertiary/aromatic N) is 2. The molecule has 1 saturated carbocycles. The monoisotopic (exact) mass is 611 g/mol. The maximum atomic E-state index is 14.1. The third-order valence-corrected chi connectivity index (χ3v) is 8.58. The van der Waals surface area contributed by atoms with Gasteiger partial charge in [0.15, 0.2) is 0 Å². The molecule has 1 atom stereocenters. The topological polar surface area (TPSA) is 86.8 Å². The number of halogens is 1. The van der Waals surface area contributed by atoms with Crippen molar-refractivity contribution >= 4 is 43.5 Å². The minimum Gasteiger partial charge on any atom is -0.352 e. The van der Waals surface area contributed by atoms with Gasteiger partial charge in [-0.3, -0.25) is 13.9 Å². The number of hydrogen-bond acceptors (Lipinski definition) is 4. The van der Waals surface area contributed by atoms with Crippen molar-refractivity contribution in [3.8, 4) is 0 Å². The second-order valence-electron chi connectivity index (χ2n) is 9.95. The fourth-order valence-corrected chi connectivity index (χ4v) is 6.18. The number of carbonyl (C=O) groups is 2. The molecule has 1 aliphatic carbocycles. The van der Waals surface area contributed by atoms with Crippen LogP contribution >= 0.6 is 15.9 Å². The highest BCUT2D eigenvalue weighted by atomic mass is 79.9. The van der Waals surface area contributed by atoms with Gasteiger partial charge < -0.3 is 10.2 Å². The summed E-state index contributed by atoms with van der Waals surface area (Å²) in [4.78, 5) is 29.4. The van der Waals surface area contributed by atoms with Crippen LogP contribution in [0, 0.1) is 0 Å². The molecule has 0 saturated heterocycles. The first-order valence-electron chi connectivity index (χ1n) is 13.1. The normalized spacial score (nSPS) is 14.5. The summed E-state index contributed by atoms with van der Waals surface area (Å²) in [7, 11) is -3.80. The van der Waals surface area contributed by atoms with Crippen molar-refractivity contribution in [3.63, 3.8) is 0 Å². The van der Waals surface area contributed by atoms with Crippen molar-refractivity contribution in [3.05, 3.63) is 101 Å². The van der Waals surface area contributed by atoms with E-state index in [2.05, 4.69) is 21.2 Å². The van der Waals surface area contributed by atoms with Gasteiger partial charge in [0.1, 0.15) is 12.6 Å². The second kappa shape index (κ2) is 13.3. The SMILES string of the molecule is CS(=O)(=O)N(CC(=O)N(Cc1ccccc1)[C@H](Cc1ccccc1)C(=O)NC1CCCC1)c1cccc(Br)c1. The maximum Gasteiger partial charge on any atom is 0.244 e. The number of rotatable bonds is 11. The van der Waals surface area contributed by atoms with Gasteiger partial charge in [0, 0.05) is 23.5 Å². The number of amides is 2. The van der Waals surface area contributed by atoms with Gasteiger partial charge in [0.05, 0.1) is 11.9 Å². The predicted octanol–water partition coefficient (Wildman–Crippen LogP) is 4.91. The highest BCUT2D eigenvalue weighted by Crippen LogP contribution is 2.24. The number of benzene rings is 3. The van der Waals surface area contributed by atoms with E-state index in [1.165, 1.54) is 4.90 Å². The zero-order chi connectivity index (χ0) is 27.8. The van der Waals surface area contributed by atoms with E-state index in [0.29, 0.717) is 16.6 Å². The van der Waals surface area contributed by atoms with Crippen LogP contribution in [-0.4, -0.2) is 50.0 Å². The van der Waals surface area contributed by atoms with Crippen LogP contribution in [0.4, 0.5) is 5.69 Å². The van der Waals surface area contributed by atoms with Gasteiger partial charge in [0.2, 0.25) is 21.8 Å². The smallest absolute Gasteiger partial charge is 0.244 e. The van der Waals surface area contributed by atoms with E-state index >= 15 is 0 Å². The Balaban J connectivity index is 1.70. The molecule has 7 nitrogen and oxygen atoms in total. The number of nitrogens with one attached hydrogen (secondary N) is 1. The Hall–Kier alpha value is -3.17. The standard InChI is InChI=1S/C30H34BrN3O4S/c1-39(37,38)34(27-18-10-15-25(31)20-27)22-29(35)33(21-24-13-6-3-7-14-24)28(19-23-11-4-2-5-12-23)30(36)32-26-16-8-9-17-26/h2-7,10-15,18,20,26,28H,8-9,16-17,19,21-22H2,1H3,(H,32,36)/t28-/m1/s1. The number of hydrogen-bond donors (Lipinski definition) is 1. The van der Waals surface area contributed by atoms with Gasteiger partial charge in [0.25, 0.3) is 0 Å². The molecule has 4 rings (SSSR count). The lowest BCUT2D eigenvalue weighted by Crippen LogP contribution is -2.54. The average molecular weight is 613 g/mol. The Morgan fingerprint density at radius 3 is 2.13 bits per heavy atom. The van der Waals surface area contributed by atoms with Crippen molar-refractivity contribution < 1.29 is 18.0 Å². The van der Waals surface area contributed by atoms with Gasteiger partial charge in [-0.25, -0.2) is 8.42 Å². The van der Waals surface area contributed by atoms with Crippen LogP contribution in [0.1, 0.15) is 36.8 Å². The van der Waals surface area contributed by atoms with Gasteiger partial charge in [-0.1, -0.05) is 95.5 Å². The summed E-state index contributed by atoms with van der Waals surface area (Å²) in [5, 5.41) is 3.17. The van der Waals surface area contributed by atoms with Crippen LogP contribution in [0.25, 0.3) is 0 Å². The summed E-state index contributed by atoms with van der Waals surface area (Å²) in [6.45, 7) is -0.254. The quantitative estimate of drug-likeness (QED) is 0.334. The van der Waals surface area contributed by atoms with Gasteiger partial charge in [-0.2, -0.15) is 0 Å². The third-order valence-electron chi connectivity index (χ3n) is 6.94. The van der Waals surface area contributed by atoms with E-state index in [0.717, 1.165) is 47.4 Å². The first kappa shape index (κ1) is 28.8. The maximum absolute atomic E-state index is 14.1. The van der Waals surface area contributed by atoms with E-state index in [-0.39, 0.29) is 18.5 Å². The zero-order valence-corrected chi connectivity index (χ0v) is 24.4. The molecule has 0 heterocycles. The van der Waals surface area contributed by atoms with Crippen molar-refractivity contribution in [2.75, 3.05) is 17.1 Å². The Kier molecular flexibility index (Phi) is 9.80. The Labute approximate surface area is 239 Å². The summed E-state index contributed by atoms with van der Waals surface area (Å²) in [6.07, 6.45) is 5.36. The Morgan fingerprint density at radius 2 is 1.54 bits per heavy atom. The lowest BCUT2D eigenvalue weighted by molar-refractivity contribution is -0.140. The summed E-state index contributed by atoms with van der Waals surface area (Å²) in [5.74, 6) is -0.671. The van der Waals surface area contributed by atoms with Crippen LogP contribution < -0.4 is 9.62 Å². The van der Waals surface area contributed by atoms with E-state index < -0.39 is 28.5 Å². The largest absolute Gasteiger partial charge is 0.352 e. The molecule has 39 heavy (non-hydrogen) atoms. The van der Waals surface area contributed by atoms with E-state index in [4.69, 9.17) is 0 Å². The predicted molar refractivity (Wildman–Crippen MR) is 158 cm³/mol. The van der Waals surface area contributed by atoms with Crippen LogP contribution in [0.15, 0.2) is 89.4 Å². The highest BCUT2D eigenvalue weighted by molar-refractivity contribution is 9.10. The lowest BCUT2D eigenvalue weighted by atomic mass is 10.0. The number of sulfonamides is 1. The minimum absolute atomic E-state index is 0.0821. The molecule has 0 aromatic heterocycles. The van der Waals surface area contributed by atoms with E-state index in [1.54, 1.807) is 24.3 Å². The molecule has 206 valence electrons. The summed E-state index contributed by atoms with van der Waals surface area (Å²) >= 11 is 3.39. The second-order valence-corrected chi connectivity index (χ2v) is 12.8. The minimum atomic E-state index is -3.80. The van der Waals surface area contributed by atoms with E-state index in [9.17, 15) is 18.0 Å². The molecule has 3 aromatic rings. The molecule has 2 amide bonds. The summed E-state index contributed by atoms with van der Waals surface area (Å²) in [6, 6.07) is 25.1. The first-order chi connectivity index (χ1) is 18.7. The van der Waals surface area contributed by atoms with Crippen LogP contribution in [0.3, 0.4) is 0 Å². The summed E-state index contributed by atoms with van der Waals surface area (Å²) in [5.41, 5.74) is 2.14. The fraction of sp³-hybridized carbons (Fsp3) is 0.333. The first-order valence-corrected chi connectivity index (χ1v) is 15.8. The van der Waals surface area contributed by atoms with E-state index in [1.807, 2.05) is 60.7 Å². The van der Waals surface area contributed by atoms with Gasteiger partial charge in [-0.05, 0) is 42.2 Å². The molecule has 1 N–H and O–H groups in total. The molecule has 0 spiro atoms. The highest BCUT2D eigenvalue weighted by Gasteiger charge is 2.34. The molecule has 0 aliphatic heterocycles. The third kappa shape index (κ3) is 8.16. The van der Waals surface area contributed by atoms with Gasteiger partial charge in [-0.15, -0.1) is 0 Å². The Bertz CT molecular complexity index is 1360. The van der Waals surface area contributed by atoms with Crippen molar-refractivity contribution in [1.82, 2.24) is 10.2 Å². The molecule has 9 heteroatoms. The number of anilines is 1. The van der Waals surface area contributed by atoms with Crippen molar-refractivity contribution in [2.24, 2.45) is 0 Å². The molecule has 1 fully saturated rings. The molecule has 0 unspecified atom stereocenters. The molecule has 3 aromatic carbocycles. The van der Waals surface area contributed by atoms with Crippen molar-refractivity contribution in [1.29, 1.82) is 0 Å². The summed E-state index contributed by atoms with van der Waals surface area (Å²) < 4.78 is 27.5. The Morgan fingerprint density at radius 1 is 0.923 bits per heavy atom. The van der Waals surface area contributed by atoms with Crippen LogP contribution in [0.5, 0.6) is 0 Å². The van der Waals surface area contributed by atoms with Gasteiger partial charge >= 0.3 is 0 Å². The number of carbonyl (C=O) groups excluding carboxylic acids is 2. The molecular formula is C30H34BrN3O4S. The molecule has 0 bridgehead atoms. The molecule has 1 aliphatic rings.